The van der Waals surface area contributed by atoms with E-state index < -0.39 is 29.8 Å². The smallest absolute Gasteiger partial charge is 0.373 e. The number of likely N-dealkylation sites (N-methyl/N-ethyl adjacent to an activating group) is 6. The molecule has 1 aromatic rings. The number of hydrogen-bond donors (Lipinski definition) is 5. The zero-order valence-electron chi connectivity index (χ0n) is 77.0. The molecule has 0 amide bonds. The average Bonchev–Trinajstić information content (AvgIpc) is 0.935. The highest BCUT2D eigenvalue weighted by Gasteiger charge is 2.59. The second-order valence-electron chi connectivity index (χ2n) is 37.0. The number of carboxylic acid groups (broad SMARTS) is 5. The van der Waals surface area contributed by atoms with E-state index in [2.05, 4.69) is 151 Å². The summed E-state index contributed by atoms with van der Waals surface area (Å²) in [6.07, 6.45) is 23.7. The molecule has 19 atom stereocenters. The lowest BCUT2D eigenvalue weighted by atomic mass is 9.44. The van der Waals surface area contributed by atoms with Crippen molar-refractivity contribution in [2.45, 2.75) is 244 Å². The van der Waals surface area contributed by atoms with E-state index in [9.17, 15) is 24.0 Å². The number of benzene rings is 1. The molecule has 123 heavy (non-hydrogen) atoms. The maximum absolute atomic E-state index is 10.7. The van der Waals surface area contributed by atoms with Gasteiger partial charge in [0.2, 0.25) is 0 Å². The molecule has 14 fully saturated rings. The maximum Gasteiger partial charge on any atom is 0.373 e. The number of methoxy groups -OCH3 is 1. The third kappa shape index (κ3) is 41.7. The molecule has 0 aromatic heterocycles. The van der Waals surface area contributed by atoms with E-state index in [1.54, 1.807) is 7.11 Å². The predicted molar refractivity (Wildman–Crippen MR) is 451 cm³/mol. The Hall–Kier alpha value is -8.09. The lowest BCUT2D eigenvalue weighted by Gasteiger charge is -2.63. The van der Waals surface area contributed by atoms with Crippen molar-refractivity contribution in [2.75, 3.05) is 122 Å². The Morgan fingerprint density at radius 1 is 0.390 bits per heavy atom. The van der Waals surface area contributed by atoms with Crippen molar-refractivity contribution in [3.63, 3.8) is 0 Å². The Labute approximate surface area is 731 Å². The molecular formula is C91H153N7O25. The summed E-state index contributed by atoms with van der Waals surface area (Å²) in [7, 11) is 15.8. The summed E-state index contributed by atoms with van der Waals surface area (Å²) in [4.78, 5) is 181. The fourth-order valence-corrected chi connectivity index (χ4v) is 21.6. The molecule has 14 saturated carbocycles. The van der Waals surface area contributed by atoms with Crippen LogP contribution in [0.4, 0.5) is 0 Å². The van der Waals surface area contributed by atoms with Gasteiger partial charge < -0.3 is 40.1 Å². The summed E-state index contributed by atoms with van der Waals surface area (Å²) >= 11 is 0. The van der Waals surface area contributed by atoms with Crippen LogP contribution < -0.4 is 0 Å². The molecule has 702 valence electrons. The van der Waals surface area contributed by atoms with Gasteiger partial charge in [-0.05, 0) is 269 Å². The van der Waals surface area contributed by atoms with Crippen molar-refractivity contribution >= 4 is 72.9 Å². The number of fused-ring (bicyclic) bond motifs is 8. The van der Waals surface area contributed by atoms with E-state index in [4.69, 9.17) is 97.4 Å². The van der Waals surface area contributed by atoms with Crippen LogP contribution in [0, 0.1) is 105 Å². The Balaban J connectivity index is -0.000000646. The van der Waals surface area contributed by atoms with Crippen LogP contribution in [0.2, 0.25) is 0 Å². The molecule has 14 aliphatic rings. The van der Waals surface area contributed by atoms with E-state index in [-0.39, 0.29) is 83.2 Å². The maximum atomic E-state index is 10.7. The minimum Gasteiger partial charge on any atom is -0.480 e. The van der Waals surface area contributed by atoms with Gasteiger partial charge in [0.05, 0.1) is 39.3 Å². The van der Waals surface area contributed by atoms with Crippen LogP contribution in [0.15, 0.2) is 30.3 Å². The molecule has 0 saturated heterocycles. The van der Waals surface area contributed by atoms with Crippen molar-refractivity contribution < 1.29 is 121 Å². The van der Waals surface area contributed by atoms with Crippen molar-refractivity contribution in [2.24, 2.45) is 105 Å². The van der Waals surface area contributed by atoms with E-state index in [1.807, 2.05) is 59.7 Å². The molecular weight excluding hydrogens is 1590 g/mol. The number of carbonyl (C=O) groups excluding carboxylic acids is 14. The topological polar surface area (TPSA) is 457 Å². The summed E-state index contributed by atoms with van der Waals surface area (Å²) in [5.41, 5.74) is 3.52. The minimum absolute atomic E-state index is 0. The van der Waals surface area contributed by atoms with Crippen LogP contribution in [-0.4, -0.2) is 285 Å². The first-order valence-electron chi connectivity index (χ1n) is 42.5. The fraction of sp³-hybridized carbons (Fsp3) is 0.802. The van der Waals surface area contributed by atoms with Crippen LogP contribution in [0.5, 0.6) is 0 Å². The summed E-state index contributed by atoms with van der Waals surface area (Å²) in [5.74, 6) is 7.68. The quantitative estimate of drug-likeness (QED) is 0.0607. The first-order chi connectivity index (χ1) is 57.0. The van der Waals surface area contributed by atoms with Gasteiger partial charge in [-0.15, -0.1) is 0 Å². The highest BCUT2D eigenvalue weighted by molar-refractivity contribution is 5.70. The highest BCUT2D eigenvalue weighted by Crippen LogP contribution is 2.64. The number of nitrogens with zero attached hydrogens (tertiary/aromatic N) is 7. The molecule has 32 nitrogen and oxygen atoms in total. The molecule has 0 radical (unpaired) electrons. The van der Waals surface area contributed by atoms with E-state index >= 15 is 0 Å². The summed E-state index contributed by atoms with van der Waals surface area (Å²) in [6.45, 7) is 38.9. The third-order valence-electron chi connectivity index (χ3n) is 28.9. The minimum atomic E-state index is -0.725. The largest absolute Gasteiger partial charge is 0.480 e. The normalized spacial score (nSPS) is 27.6. The monoisotopic (exact) mass is 1740 g/mol. The Kier molecular flexibility index (Phi) is 62.0. The summed E-state index contributed by atoms with van der Waals surface area (Å²) in [6, 6.07) is 13.0. The number of carboxylic acids is 5. The fourth-order valence-electron chi connectivity index (χ4n) is 21.6. The average molecular weight is 1750 g/mol. The zero-order valence-corrected chi connectivity index (χ0v) is 77.0. The van der Waals surface area contributed by atoms with Crippen LogP contribution in [0.3, 0.4) is 0 Å². The van der Waals surface area contributed by atoms with Crippen LogP contribution in [-0.2, 0) is 102 Å². The van der Waals surface area contributed by atoms with E-state index in [0.29, 0.717) is 81.5 Å². The number of ether oxygens (including phenoxy) is 1. The van der Waals surface area contributed by atoms with Gasteiger partial charge in [-0.2, -0.15) is 67.1 Å². The SMILES string of the molecule is C.CCN(C)C[C@H]1CC[C@@H]2CC1C2(C)C.CCN(C)[C@@H](COC)Cc1ccccc1.CN(CC(=O)O)C[C@@H]1CC[C@H]2CC1C2(C)C.C[C@@H]1C(N(C)CC(=O)O)C[C@H]2CC1C2(C)C.C[C@@H]1CCCC1N(C)CC(=O)O.C[C@H]1C(N(C)CC(=O)O)C[C@@H]2CC1C2(C)C.C[C@H]1CCCC1N(C)CC(=O)O.O=C=O.O=C=O.O=C=O.O=C=O.O=C=O.O=C=O.O=C=O. The second kappa shape index (κ2) is 62.9. The van der Waals surface area contributed by atoms with Gasteiger partial charge in [0.25, 0.3) is 0 Å². The number of carbonyl (C=O) groups is 5. The Morgan fingerprint density at radius 2 is 0.675 bits per heavy atom. The van der Waals surface area contributed by atoms with Crippen LogP contribution >= 0.6 is 0 Å². The van der Waals surface area contributed by atoms with Crippen molar-refractivity contribution in [3.8, 4) is 0 Å². The predicted octanol–water partition coefficient (Wildman–Crippen LogP) is 10.4. The van der Waals surface area contributed by atoms with Crippen molar-refractivity contribution in [1.29, 1.82) is 0 Å². The highest BCUT2D eigenvalue weighted by atomic mass is 16.5. The number of hydrogen-bond acceptors (Lipinski definition) is 27. The molecule has 0 aliphatic heterocycles. The van der Waals surface area contributed by atoms with E-state index in [1.165, 1.54) is 109 Å². The van der Waals surface area contributed by atoms with Crippen LogP contribution in [0.1, 0.15) is 213 Å². The molecule has 15 rings (SSSR count). The lowest BCUT2D eigenvalue weighted by Crippen LogP contribution is -2.60. The molecule has 5 N–H and O–H groups in total. The molecule has 0 spiro atoms. The number of rotatable bonds is 25. The van der Waals surface area contributed by atoms with Gasteiger partial charge >= 0.3 is 72.9 Å². The van der Waals surface area contributed by atoms with Gasteiger partial charge in [0.15, 0.2) is 0 Å². The summed E-state index contributed by atoms with van der Waals surface area (Å²) in [5, 5.41) is 43.6. The standard InChI is InChI=1S/3C13H23NO2.C13H21NO.C13H25N.2C9H17NO2.7CO2.CH4/c2*1-8-10-5-9(13(10,2)3)6-11(8)14(4)7-12(15)16;1-13(2)10-5-4-9(11(13)6-10)7-14(3)8-12(15)16;1-4-14(2)13(11-15-3)10-12-8-6-5-7-9-12;1-5-14(4)9-10-6-7-11-8-12(10)13(11,2)3;2*1-7-4-3-5-8(7)10(2)6-9(11)12;7*2-1-3;/h2*8-11H,5-7H2,1-4H3,(H,15,16);9-11H,4-8H2,1-3H3,(H,15,16);5-9,13H,4,10-11H2,1-3H3;10-12H,5-9H2,1-4H3;2*7-8H,3-6H2,1-2H3,(H,11,12);;;;;;;;1H4/t2*8-,9+,10?,11?;9-,10-,11?;13-;10-,11-,12?;2*7-,8?;;;;;;;;/m1001110......../s1. The first-order valence-corrected chi connectivity index (χ1v) is 42.5. The molecule has 1 aromatic carbocycles. The Bertz CT molecular complexity index is 3190. The molecule has 8 unspecified atom stereocenters. The molecule has 0 heterocycles. The van der Waals surface area contributed by atoms with Gasteiger partial charge in [0.1, 0.15) is 0 Å². The van der Waals surface area contributed by atoms with Crippen molar-refractivity contribution in [1.82, 2.24) is 34.3 Å². The summed E-state index contributed by atoms with van der Waals surface area (Å²) < 4.78 is 5.26. The van der Waals surface area contributed by atoms with E-state index in [0.717, 1.165) is 92.2 Å². The number of aliphatic carboxylic acids is 5. The zero-order chi connectivity index (χ0) is 94.8. The van der Waals surface area contributed by atoms with Gasteiger partial charge in [-0.3, -0.25) is 48.5 Å². The van der Waals surface area contributed by atoms with Crippen molar-refractivity contribution in [3.05, 3.63) is 35.9 Å². The van der Waals surface area contributed by atoms with Gasteiger partial charge in [0, 0.05) is 50.4 Å². The first kappa shape index (κ1) is 121. The Morgan fingerprint density at radius 3 is 0.911 bits per heavy atom. The van der Waals surface area contributed by atoms with Gasteiger partial charge in [-0.25, -0.2) is 0 Å². The van der Waals surface area contributed by atoms with Crippen LogP contribution in [0.25, 0.3) is 0 Å². The molecule has 8 bridgehead atoms. The second-order valence-corrected chi connectivity index (χ2v) is 37.0. The third-order valence-corrected chi connectivity index (χ3v) is 28.9. The molecule has 14 aliphatic carbocycles. The molecule has 32 heteroatoms. The lowest BCUT2D eigenvalue weighted by molar-refractivity contribution is -0.193. The van der Waals surface area contributed by atoms with Gasteiger partial charge in [-0.1, -0.05) is 148 Å².